The van der Waals surface area contributed by atoms with Gasteiger partial charge in [0.25, 0.3) is 0 Å². The number of carbonyl (C=O) groups is 1. The van der Waals surface area contributed by atoms with E-state index in [2.05, 4.69) is 9.97 Å². The number of ether oxygens (including phenoxy) is 1. The van der Waals surface area contributed by atoms with E-state index in [0.717, 1.165) is 18.4 Å². The first-order chi connectivity index (χ1) is 16.1. The second kappa shape index (κ2) is 11.5. The van der Waals surface area contributed by atoms with Gasteiger partial charge in [0.05, 0.1) is 0 Å². The summed E-state index contributed by atoms with van der Waals surface area (Å²) in [5.41, 5.74) is 8.69. The van der Waals surface area contributed by atoms with Crippen molar-refractivity contribution in [2.24, 2.45) is 10.7 Å². The molecule has 2 aromatic rings. The summed E-state index contributed by atoms with van der Waals surface area (Å²) in [7, 11) is 0. The zero-order chi connectivity index (χ0) is 24.9. The minimum absolute atomic E-state index is 0.0607. The van der Waals surface area contributed by atoms with Crippen LogP contribution in [0.3, 0.4) is 0 Å². The summed E-state index contributed by atoms with van der Waals surface area (Å²) >= 11 is 6.62. The Bertz CT molecular complexity index is 1090. The zero-order valence-electron chi connectivity index (χ0n) is 19.9. The van der Waals surface area contributed by atoms with Crippen LogP contribution in [-0.4, -0.2) is 78.1 Å². The maximum atomic E-state index is 12.3. The second-order valence-corrected chi connectivity index (χ2v) is 10.4. The normalized spacial score (nSPS) is 15.8. The first kappa shape index (κ1) is 26.4. The summed E-state index contributed by atoms with van der Waals surface area (Å²) in [6.07, 6.45) is 4.66. The van der Waals surface area contributed by atoms with Crippen LogP contribution in [0.2, 0.25) is 5.02 Å². The summed E-state index contributed by atoms with van der Waals surface area (Å²) in [6.45, 7) is 8.62. The molecule has 0 aliphatic carbocycles. The number of aromatic nitrogens is 2. The van der Waals surface area contributed by atoms with Gasteiger partial charge < -0.3 is 4.74 Å². The van der Waals surface area contributed by atoms with Crippen LogP contribution in [0.1, 0.15) is 50.7 Å². The molecule has 3 rings (SSSR count). The zero-order valence-corrected chi connectivity index (χ0v) is 25.2. The fourth-order valence-corrected chi connectivity index (χ4v) is 4.28. The van der Waals surface area contributed by atoms with Gasteiger partial charge in [-0.3, -0.25) is 0 Å². The summed E-state index contributed by atoms with van der Waals surface area (Å²) in [4.78, 5) is 27.6. The van der Waals surface area contributed by atoms with Crippen molar-refractivity contribution in [1.82, 2.24) is 14.9 Å². The quantitative estimate of drug-likeness (QED) is 0.377. The number of hydrogen-bond acceptors (Lipinski definition) is 7. The van der Waals surface area contributed by atoms with E-state index in [-0.39, 0.29) is 12.1 Å². The van der Waals surface area contributed by atoms with Crippen molar-refractivity contribution >= 4 is 61.4 Å². The van der Waals surface area contributed by atoms with Gasteiger partial charge in [0, 0.05) is 0 Å². The van der Waals surface area contributed by atoms with E-state index >= 15 is 0 Å². The molecule has 1 fully saturated rings. The molecule has 0 unspecified atom stereocenters. The van der Waals surface area contributed by atoms with Crippen molar-refractivity contribution in [2.45, 2.75) is 52.2 Å². The molecule has 1 aliphatic heterocycles. The number of hydrogen-bond donors (Lipinski definition) is 1. The van der Waals surface area contributed by atoms with Crippen LogP contribution in [-0.2, 0) is 4.74 Å². The van der Waals surface area contributed by atoms with Gasteiger partial charge in [-0.05, 0) is 20.8 Å². The Morgan fingerprint density at radius 2 is 2.00 bits per heavy atom. The topological polar surface area (TPSA) is 103 Å². The van der Waals surface area contributed by atoms with E-state index in [1.54, 1.807) is 29.4 Å². The summed E-state index contributed by atoms with van der Waals surface area (Å²) in [5.74, 6) is 1.32. The van der Waals surface area contributed by atoms with Gasteiger partial charge in [0.15, 0.2) is 0 Å². The van der Waals surface area contributed by atoms with Crippen LogP contribution in [0, 0.1) is 6.92 Å². The van der Waals surface area contributed by atoms with Crippen LogP contribution in [0.25, 0.3) is 11.3 Å². The van der Waals surface area contributed by atoms with Crippen molar-refractivity contribution < 1.29 is 12.2 Å². The van der Waals surface area contributed by atoms with E-state index in [9.17, 15) is 4.79 Å². The molecule has 178 valence electrons. The molecule has 0 spiro atoms. The molecule has 10 heteroatoms. The molecular weight excluding hydrogens is 646 g/mol. The third-order valence-electron chi connectivity index (χ3n) is 5.19. The average molecular weight is 675 g/mol. The fraction of sp³-hybridized carbons (Fsp3) is 0.417. The number of piperidine rings is 1. The molecule has 0 atom stereocenters. The van der Waals surface area contributed by atoms with Gasteiger partial charge in [-0.2, -0.15) is 0 Å². The van der Waals surface area contributed by atoms with Gasteiger partial charge in [-0.25, -0.2) is 4.79 Å². The first-order valence-electron chi connectivity index (χ1n) is 11.0. The second-order valence-electron chi connectivity index (χ2n) is 9.09. The van der Waals surface area contributed by atoms with Gasteiger partial charge in [-0.1, -0.05) is 0 Å². The molecule has 2 heterocycles. The molecule has 1 saturated heterocycles. The standard InChI is InChI=1S/C24H30ClN5O3.Tl/c1-15-27-8-5-21(29-15)20(22(26)16-11-17(25)13-19(31)12-16)14-28-18-6-9-30(10-7-18)23(32)33-24(2,3)4;/h5,8,11-14,18,31H,6-7,9-10,26H2,1-4H3;/q;+1/p-1. The number of allylic oxidation sites excluding steroid dienone is 1. The fourth-order valence-electron chi connectivity index (χ4n) is 3.53. The maximum absolute atomic E-state index is 12.3. The van der Waals surface area contributed by atoms with E-state index in [4.69, 9.17) is 29.8 Å². The monoisotopic (exact) mass is 675 g/mol. The SMILES string of the molecule is Cc1nccc(C(C=NC2CCN(C(=O)OC(C)(C)C)CC2)=C(N)c2cc(Cl)cc([O][Tl])c2)n1. The van der Waals surface area contributed by atoms with E-state index < -0.39 is 5.60 Å². The molecule has 0 radical (unpaired) electrons. The van der Waals surface area contributed by atoms with Crippen LogP contribution >= 0.6 is 11.6 Å². The number of aliphatic imine (C=N–C) groups is 1. The number of amides is 1. The van der Waals surface area contributed by atoms with Crippen molar-refractivity contribution in [3.05, 3.63) is 52.6 Å². The van der Waals surface area contributed by atoms with E-state index in [1.807, 2.05) is 39.8 Å². The third-order valence-corrected chi connectivity index (χ3v) is 6.47. The minimum atomic E-state index is -0.509. The molecule has 0 saturated carbocycles. The van der Waals surface area contributed by atoms with E-state index in [1.165, 1.54) is 0 Å². The number of nitrogens with zero attached hydrogens (tertiary/aromatic N) is 4. The Labute approximate surface area is 221 Å². The van der Waals surface area contributed by atoms with Crippen molar-refractivity contribution in [1.29, 1.82) is 0 Å². The Kier molecular flexibility index (Phi) is 8.91. The molecule has 1 aromatic heterocycles. The molecule has 1 amide bonds. The van der Waals surface area contributed by atoms with Crippen LogP contribution in [0.15, 0.2) is 35.5 Å². The first-order valence-corrected chi connectivity index (χ1v) is 13.3. The molecule has 0 bridgehead atoms. The van der Waals surface area contributed by atoms with Gasteiger partial charge in [0.1, 0.15) is 5.60 Å². The van der Waals surface area contributed by atoms with Crippen LogP contribution < -0.4 is 8.42 Å². The predicted molar refractivity (Wildman–Crippen MR) is 135 cm³/mol. The van der Waals surface area contributed by atoms with E-state index in [0.29, 0.717) is 72.9 Å². The number of rotatable bonds is 5. The Hall–Kier alpha value is -2.21. The molecular formula is C24H29ClN5O3Tl. The number of halogens is 1. The summed E-state index contributed by atoms with van der Waals surface area (Å²) in [6, 6.07) is 7.29. The number of carbonyl (C=O) groups excluding carboxylic acids is 1. The number of aryl methyl sites for hydroxylation is 1. The average Bonchev–Trinajstić information content (AvgIpc) is 2.78. The van der Waals surface area contributed by atoms with Crippen molar-refractivity contribution in [2.75, 3.05) is 13.1 Å². The molecule has 1 aliphatic rings. The van der Waals surface area contributed by atoms with Crippen LogP contribution in [0.5, 0.6) is 5.75 Å². The van der Waals surface area contributed by atoms with Gasteiger partial charge in [-0.15, -0.1) is 0 Å². The van der Waals surface area contributed by atoms with Gasteiger partial charge in [0.2, 0.25) is 0 Å². The Morgan fingerprint density at radius 3 is 2.62 bits per heavy atom. The van der Waals surface area contributed by atoms with Gasteiger partial charge >= 0.3 is 187 Å². The number of benzene rings is 1. The molecule has 8 nitrogen and oxygen atoms in total. The van der Waals surface area contributed by atoms with Crippen LogP contribution in [0.4, 0.5) is 4.79 Å². The van der Waals surface area contributed by atoms with Crippen molar-refractivity contribution in [3.63, 3.8) is 0 Å². The molecule has 2 N–H and O–H groups in total. The number of likely N-dealkylation sites (tertiary alicyclic amines) is 1. The Balaban J connectivity index is 1.84. The Morgan fingerprint density at radius 1 is 1.29 bits per heavy atom. The summed E-state index contributed by atoms with van der Waals surface area (Å²) < 4.78 is 11.0. The van der Waals surface area contributed by atoms with Crippen molar-refractivity contribution in [3.8, 4) is 5.75 Å². The summed E-state index contributed by atoms with van der Waals surface area (Å²) in [5, 5.41) is 0.542. The molecule has 34 heavy (non-hydrogen) atoms. The predicted octanol–water partition coefficient (Wildman–Crippen LogP) is 4.20. The number of nitrogens with two attached hydrogens (primary N) is 1. The third kappa shape index (κ3) is 7.39. The molecule has 1 aromatic carbocycles.